The quantitative estimate of drug-likeness (QED) is 0.735. The minimum atomic E-state index is 0.181. The first-order valence-electron chi connectivity index (χ1n) is 5.39. The monoisotopic (exact) mass is 203 g/mol. The molecule has 0 radical (unpaired) electrons. The normalized spacial score (nSPS) is 11.2. The summed E-state index contributed by atoms with van der Waals surface area (Å²) in [6.07, 6.45) is 0.945. The van der Waals surface area contributed by atoms with E-state index >= 15 is 0 Å². The number of nitrogens with one attached hydrogen (secondary N) is 1. The molecule has 1 aromatic carbocycles. The Bertz CT molecular complexity index is 345. The Morgan fingerprint density at radius 3 is 2.40 bits per heavy atom. The average Bonchev–Trinajstić information content (AvgIpc) is 2.17. The van der Waals surface area contributed by atoms with Crippen LogP contribution in [0.5, 0.6) is 0 Å². The van der Waals surface area contributed by atoms with Gasteiger partial charge in [-0.25, -0.2) is 0 Å². The highest BCUT2D eigenvalue weighted by Crippen LogP contribution is 2.28. The molecule has 0 amide bonds. The van der Waals surface area contributed by atoms with Gasteiger partial charge in [0.15, 0.2) is 0 Å². The van der Waals surface area contributed by atoms with Crippen LogP contribution in [0.3, 0.4) is 0 Å². The number of anilines is 1. The topological polar surface area (TPSA) is 12.0 Å². The Hall–Kier alpha value is -1.24. The van der Waals surface area contributed by atoms with Gasteiger partial charge in [-0.3, -0.25) is 0 Å². The van der Waals surface area contributed by atoms with Crippen molar-refractivity contribution < 1.29 is 0 Å². The van der Waals surface area contributed by atoms with Crippen molar-refractivity contribution in [1.82, 2.24) is 0 Å². The van der Waals surface area contributed by atoms with Crippen molar-refractivity contribution in [2.45, 2.75) is 27.2 Å². The molecule has 0 saturated heterocycles. The highest BCUT2D eigenvalue weighted by Gasteiger charge is 2.15. The minimum Gasteiger partial charge on any atom is -0.388 e. The number of benzene rings is 1. The van der Waals surface area contributed by atoms with Crippen LogP contribution in [-0.4, -0.2) is 7.05 Å². The molecule has 0 fully saturated rings. The molecule has 15 heavy (non-hydrogen) atoms. The molecule has 1 nitrogen and oxygen atoms in total. The van der Waals surface area contributed by atoms with Crippen LogP contribution in [0.2, 0.25) is 0 Å². The third-order valence-corrected chi connectivity index (χ3v) is 2.75. The zero-order valence-electron chi connectivity index (χ0n) is 10.2. The fourth-order valence-electron chi connectivity index (χ4n) is 1.41. The van der Waals surface area contributed by atoms with E-state index in [1.807, 2.05) is 7.05 Å². The largest absolute Gasteiger partial charge is 0.388 e. The summed E-state index contributed by atoms with van der Waals surface area (Å²) in [7, 11) is 1.96. The van der Waals surface area contributed by atoms with Crippen LogP contribution in [0, 0.1) is 5.41 Å². The van der Waals surface area contributed by atoms with Crippen molar-refractivity contribution in [2.75, 3.05) is 12.4 Å². The molecule has 0 aliphatic carbocycles. The van der Waals surface area contributed by atoms with Crippen LogP contribution < -0.4 is 5.32 Å². The SMILES string of the molecule is C=C(Cc1ccccc1NC)C(C)(C)C. The van der Waals surface area contributed by atoms with Crippen molar-refractivity contribution >= 4 is 5.69 Å². The molecule has 0 saturated carbocycles. The average molecular weight is 203 g/mol. The van der Waals surface area contributed by atoms with Crippen LogP contribution in [0.4, 0.5) is 5.69 Å². The second-order valence-corrected chi connectivity index (χ2v) is 4.94. The molecule has 0 heterocycles. The molecule has 0 bridgehead atoms. The number of para-hydroxylation sites is 1. The van der Waals surface area contributed by atoms with Gasteiger partial charge in [-0.15, -0.1) is 0 Å². The smallest absolute Gasteiger partial charge is 0.0373 e. The van der Waals surface area contributed by atoms with Gasteiger partial charge >= 0.3 is 0 Å². The van der Waals surface area contributed by atoms with Gasteiger partial charge in [0, 0.05) is 12.7 Å². The van der Waals surface area contributed by atoms with Gasteiger partial charge in [0.2, 0.25) is 0 Å². The van der Waals surface area contributed by atoms with Crippen molar-refractivity contribution in [3.8, 4) is 0 Å². The molecular weight excluding hydrogens is 182 g/mol. The molecule has 1 rings (SSSR count). The number of hydrogen-bond donors (Lipinski definition) is 1. The molecule has 0 aliphatic heterocycles. The molecule has 0 unspecified atom stereocenters. The van der Waals surface area contributed by atoms with Crippen molar-refractivity contribution in [3.05, 3.63) is 42.0 Å². The van der Waals surface area contributed by atoms with Gasteiger partial charge in [-0.1, -0.05) is 51.1 Å². The number of rotatable bonds is 3. The zero-order chi connectivity index (χ0) is 11.5. The van der Waals surface area contributed by atoms with E-state index in [-0.39, 0.29) is 5.41 Å². The molecule has 82 valence electrons. The van der Waals surface area contributed by atoms with Gasteiger partial charge in [0.1, 0.15) is 0 Å². The standard InChI is InChI=1S/C14H21N/c1-11(14(2,3)4)10-12-8-6-7-9-13(12)15-5/h6-9,15H,1,10H2,2-5H3. The Balaban J connectivity index is 2.85. The summed E-state index contributed by atoms with van der Waals surface area (Å²) in [5.74, 6) is 0. The van der Waals surface area contributed by atoms with E-state index in [2.05, 4.69) is 56.9 Å². The second-order valence-electron chi connectivity index (χ2n) is 4.94. The van der Waals surface area contributed by atoms with E-state index in [9.17, 15) is 0 Å². The maximum atomic E-state index is 4.17. The third kappa shape index (κ3) is 3.12. The highest BCUT2D eigenvalue weighted by molar-refractivity contribution is 5.52. The van der Waals surface area contributed by atoms with Crippen LogP contribution in [-0.2, 0) is 6.42 Å². The van der Waals surface area contributed by atoms with E-state index < -0.39 is 0 Å². The van der Waals surface area contributed by atoms with Gasteiger partial charge in [0.25, 0.3) is 0 Å². The summed E-state index contributed by atoms with van der Waals surface area (Å²) < 4.78 is 0. The predicted molar refractivity (Wildman–Crippen MR) is 68.3 cm³/mol. The summed E-state index contributed by atoms with van der Waals surface area (Å²) in [4.78, 5) is 0. The van der Waals surface area contributed by atoms with E-state index in [1.54, 1.807) is 0 Å². The first kappa shape index (κ1) is 11.8. The molecule has 0 spiro atoms. The zero-order valence-corrected chi connectivity index (χ0v) is 10.2. The minimum absolute atomic E-state index is 0.181. The Morgan fingerprint density at radius 1 is 1.27 bits per heavy atom. The third-order valence-electron chi connectivity index (χ3n) is 2.75. The fourth-order valence-corrected chi connectivity index (χ4v) is 1.41. The molecule has 1 aromatic rings. The predicted octanol–water partition coefficient (Wildman–Crippen LogP) is 3.87. The van der Waals surface area contributed by atoms with Crippen LogP contribution in [0.15, 0.2) is 36.4 Å². The molecule has 1 N–H and O–H groups in total. The van der Waals surface area contributed by atoms with Gasteiger partial charge in [-0.2, -0.15) is 0 Å². The van der Waals surface area contributed by atoms with Crippen molar-refractivity contribution in [3.63, 3.8) is 0 Å². The van der Waals surface area contributed by atoms with Crippen LogP contribution in [0.1, 0.15) is 26.3 Å². The van der Waals surface area contributed by atoms with Crippen LogP contribution >= 0.6 is 0 Å². The summed E-state index contributed by atoms with van der Waals surface area (Å²) in [5, 5.41) is 3.21. The summed E-state index contributed by atoms with van der Waals surface area (Å²) in [6.45, 7) is 10.8. The Morgan fingerprint density at radius 2 is 1.87 bits per heavy atom. The van der Waals surface area contributed by atoms with Crippen molar-refractivity contribution in [2.24, 2.45) is 5.41 Å². The molecule has 0 aliphatic rings. The highest BCUT2D eigenvalue weighted by atomic mass is 14.8. The van der Waals surface area contributed by atoms with Gasteiger partial charge in [-0.05, 0) is 23.5 Å². The second kappa shape index (κ2) is 4.52. The fraction of sp³-hybridized carbons (Fsp3) is 0.429. The van der Waals surface area contributed by atoms with Gasteiger partial charge in [0.05, 0.1) is 0 Å². The summed E-state index contributed by atoms with van der Waals surface area (Å²) in [5.41, 5.74) is 3.97. The van der Waals surface area contributed by atoms with E-state index in [1.165, 1.54) is 16.8 Å². The van der Waals surface area contributed by atoms with Gasteiger partial charge < -0.3 is 5.32 Å². The lowest BCUT2D eigenvalue weighted by Crippen LogP contribution is -2.11. The number of allylic oxidation sites excluding steroid dienone is 1. The lowest BCUT2D eigenvalue weighted by atomic mass is 9.84. The lowest BCUT2D eigenvalue weighted by molar-refractivity contribution is 0.494. The van der Waals surface area contributed by atoms with Crippen molar-refractivity contribution in [1.29, 1.82) is 0 Å². The molecule has 0 aromatic heterocycles. The lowest BCUT2D eigenvalue weighted by Gasteiger charge is -2.22. The van der Waals surface area contributed by atoms with E-state index in [4.69, 9.17) is 0 Å². The molecular formula is C14H21N. The molecule has 0 atom stereocenters. The molecule has 1 heteroatoms. The van der Waals surface area contributed by atoms with E-state index in [0.29, 0.717) is 0 Å². The number of hydrogen-bond acceptors (Lipinski definition) is 1. The summed E-state index contributed by atoms with van der Waals surface area (Å²) in [6, 6.07) is 8.38. The maximum absolute atomic E-state index is 4.17. The Kier molecular flexibility index (Phi) is 3.57. The Labute approximate surface area is 93.2 Å². The van der Waals surface area contributed by atoms with Crippen LogP contribution in [0.25, 0.3) is 0 Å². The maximum Gasteiger partial charge on any atom is 0.0373 e. The first-order chi connectivity index (χ1) is 6.95. The summed E-state index contributed by atoms with van der Waals surface area (Å²) >= 11 is 0. The van der Waals surface area contributed by atoms with E-state index in [0.717, 1.165) is 6.42 Å². The first-order valence-corrected chi connectivity index (χ1v) is 5.39.